The quantitative estimate of drug-likeness (QED) is 0.789. The van der Waals surface area contributed by atoms with Gasteiger partial charge in [0.2, 0.25) is 11.8 Å². The van der Waals surface area contributed by atoms with E-state index < -0.39 is 0 Å². The zero-order chi connectivity index (χ0) is 12.3. The van der Waals surface area contributed by atoms with Crippen LogP contribution in [0.15, 0.2) is 24.3 Å². The number of aliphatic hydroxyl groups excluding tert-OH is 1. The van der Waals surface area contributed by atoms with Crippen molar-refractivity contribution in [1.82, 2.24) is 0 Å². The summed E-state index contributed by atoms with van der Waals surface area (Å²) in [6, 6.07) is 6.85. The minimum atomic E-state index is -0.135. The van der Waals surface area contributed by atoms with Crippen LogP contribution in [0.5, 0.6) is 0 Å². The molecule has 0 aromatic heterocycles. The number of carbonyl (C=O) groups is 2. The minimum Gasteiger partial charge on any atom is -0.392 e. The number of imide groups is 1. The summed E-state index contributed by atoms with van der Waals surface area (Å²) in [5.41, 5.74) is 1.36. The third-order valence-corrected chi connectivity index (χ3v) is 2.91. The summed E-state index contributed by atoms with van der Waals surface area (Å²) >= 11 is 0. The Morgan fingerprint density at radius 1 is 1.00 bits per heavy atom. The third-order valence-electron chi connectivity index (χ3n) is 2.91. The molecule has 1 saturated heterocycles. The van der Waals surface area contributed by atoms with Crippen LogP contribution in [0.2, 0.25) is 0 Å². The summed E-state index contributed by atoms with van der Waals surface area (Å²) in [6.07, 6.45) is 2.40. The Labute approximate surface area is 99.9 Å². The van der Waals surface area contributed by atoms with Crippen molar-refractivity contribution in [1.29, 1.82) is 0 Å². The van der Waals surface area contributed by atoms with Gasteiger partial charge in [0, 0.05) is 12.8 Å². The molecule has 0 saturated carbocycles. The fourth-order valence-corrected chi connectivity index (χ4v) is 1.95. The van der Waals surface area contributed by atoms with Gasteiger partial charge in [-0.05, 0) is 30.5 Å². The molecule has 4 nitrogen and oxygen atoms in total. The van der Waals surface area contributed by atoms with Gasteiger partial charge >= 0.3 is 0 Å². The Hall–Kier alpha value is -1.68. The Morgan fingerprint density at radius 2 is 1.53 bits per heavy atom. The SMILES string of the molecule is O=C1CCCCC(=O)N1c1ccc(CO)cc1. The van der Waals surface area contributed by atoms with Crippen LogP contribution >= 0.6 is 0 Å². The van der Waals surface area contributed by atoms with Crippen molar-refractivity contribution in [3.05, 3.63) is 29.8 Å². The highest BCUT2D eigenvalue weighted by molar-refractivity contribution is 6.15. The number of rotatable bonds is 2. The zero-order valence-corrected chi connectivity index (χ0v) is 9.56. The number of benzene rings is 1. The number of carbonyl (C=O) groups excluding carboxylic acids is 2. The first-order valence-electron chi connectivity index (χ1n) is 5.78. The summed E-state index contributed by atoms with van der Waals surface area (Å²) in [6.45, 7) is -0.0395. The standard InChI is InChI=1S/C13H15NO3/c15-9-10-5-7-11(8-6-10)14-12(16)3-1-2-4-13(14)17/h5-8,15H,1-4,9H2. The van der Waals surface area contributed by atoms with E-state index in [9.17, 15) is 9.59 Å². The lowest BCUT2D eigenvalue weighted by atomic mass is 10.2. The molecule has 0 radical (unpaired) electrons. The van der Waals surface area contributed by atoms with Gasteiger partial charge in [-0.15, -0.1) is 0 Å². The molecular formula is C13H15NO3. The number of anilines is 1. The molecule has 0 spiro atoms. The van der Waals surface area contributed by atoms with Gasteiger partial charge in [-0.2, -0.15) is 0 Å². The summed E-state index contributed by atoms with van der Waals surface area (Å²) in [5.74, 6) is -0.270. The molecule has 1 N–H and O–H groups in total. The number of aliphatic hydroxyl groups is 1. The van der Waals surface area contributed by atoms with E-state index in [-0.39, 0.29) is 18.4 Å². The first kappa shape index (κ1) is 11.8. The van der Waals surface area contributed by atoms with Crippen LogP contribution in [0, 0.1) is 0 Å². The second kappa shape index (κ2) is 5.10. The summed E-state index contributed by atoms with van der Waals surface area (Å²) < 4.78 is 0. The van der Waals surface area contributed by atoms with Crippen molar-refractivity contribution in [3.8, 4) is 0 Å². The monoisotopic (exact) mass is 233 g/mol. The summed E-state index contributed by atoms with van der Waals surface area (Å²) in [5, 5.41) is 8.94. The molecule has 1 aromatic carbocycles. The van der Waals surface area contributed by atoms with Gasteiger partial charge in [0.1, 0.15) is 0 Å². The van der Waals surface area contributed by atoms with E-state index in [4.69, 9.17) is 5.11 Å². The third kappa shape index (κ3) is 2.53. The second-order valence-corrected chi connectivity index (χ2v) is 4.15. The van der Waals surface area contributed by atoms with Crippen LogP contribution in [0.1, 0.15) is 31.2 Å². The fraction of sp³-hybridized carbons (Fsp3) is 0.385. The minimum absolute atomic E-state index is 0.0395. The molecule has 1 aromatic rings. The van der Waals surface area contributed by atoms with E-state index in [0.717, 1.165) is 18.4 Å². The van der Waals surface area contributed by atoms with Crippen LogP contribution in [0.25, 0.3) is 0 Å². The normalized spacial score (nSPS) is 17.1. The molecular weight excluding hydrogens is 218 g/mol. The van der Waals surface area contributed by atoms with E-state index in [2.05, 4.69) is 0 Å². The van der Waals surface area contributed by atoms with Gasteiger partial charge in [0.15, 0.2) is 0 Å². The molecule has 0 atom stereocenters. The topological polar surface area (TPSA) is 57.6 Å². The number of hydrogen-bond donors (Lipinski definition) is 1. The van der Waals surface area contributed by atoms with Crippen LogP contribution in [0.4, 0.5) is 5.69 Å². The highest BCUT2D eigenvalue weighted by Gasteiger charge is 2.25. The molecule has 0 bridgehead atoms. The summed E-state index contributed by atoms with van der Waals surface area (Å²) in [7, 11) is 0. The average Bonchev–Trinajstić information content (AvgIpc) is 2.51. The van der Waals surface area contributed by atoms with Crippen LogP contribution < -0.4 is 4.90 Å². The lowest BCUT2D eigenvalue weighted by molar-refractivity contribution is -0.125. The highest BCUT2D eigenvalue weighted by Crippen LogP contribution is 2.21. The van der Waals surface area contributed by atoms with E-state index in [0.29, 0.717) is 18.5 Å². The first-order chi connectivity index (χ1) is 8.22. The van der Waals surface area contributed by atoms with Gasteiger partial charge in [-0.1, -0.05) is 12.1 Å². The predicted octanol–water partition coefficient (Wildman–Crippen LogP) is 1.61. The Balaban J connectivity index is 2.28. The maximum absolute atomic E-state index is 11.8. The Bertz CT molecular complexity index is 407. The smallest absolute Gasteiger partial charge is 0.233 e. The fourth-order valence-electron chi connectivity index (χ4n) is 1.95. The predicted molar refractivity (Wildman–Crippen MR) is 63.3 cm³/mol. The van der Waals surface area contributed by atoms with Crippen LogP contribution in [-0.2, 0) is 16.2 Å². The Kier molecular flexibility index (Phi) is 3.54. The largest absolute Gasteiger partial charge is 0.392 e. The van der Waals surface area contributed by atoms with Crippen LogP contribution in [-0.4, -0.2) is 16.9 Å². The van der Waals surface area contributed by atoms with E-state index >= 15 is 0 Å². The number of amides is 2. The van der Waals surface area contributed by atoms with E-state index in [1.54, 1.807) is 24.3 Å². The molecule has 0 aliphatic carbocycles. The van der Waals surface area contributed by atoms with Gasteiger partial charge in [-0.3, -0.25) is 14.5 Å². The van der Waals surface area contributed by atoms with Crippen molar-refractivity contribution in [2.24, 2.45) is 0 Å². The molecule has 90 valence electrons. The molecule has 2 rings (SSSR count). The average molecular weight is 233 g/mol. The highest BCUT2D eigenvalue weighted by atomic mass is 16.3. The molecule has 1 aliphatic rings. The molecule has 2 amide bonds. The lowest BCUT2D eigenvalue weighted by Gasteiger charge is -2.18. The maximum atomic E-state index is 11.8. The van der Waals surface area contributed by atoms with Crippen molar-refractivity contribution in [3.63, 3.8) is 0 Å². The van der Waals surface area contributed by atoms with Crippen molar-refractivity contribution < 1.29 is 14.7 Å². The summed E-state index contributed by atoms with van der Waals surface area (Å²) in [4.78, 5) is 24.9. The van der Waals surface area contributed by atoms with Gasteiger partial charge in [0.25, 0.3) is 0 Å². The molecule has 17 heavy (non-hydrogen) atoms. The molecule has 4 heteroatoms. The van der Waals surface area contributed by atoms with Crippen molar-refractivity contribution in [2.45, 2.75) is 32.3 Å². The number of nitrogens with zero attached hydrogens (tertiary/aromatic N) is 1. The molecule has 1 heterocycles. The lowest BCUT2D eigenvalue weighted by Crippen LogP contribution is -2.35. The van der Waals surface area contributed by atoms with Gasteiger partial charge < -0.3 is 5.11 Å². The van der Waals surface area contributed by atoms with Crippen LogP contribution in [0.3, 0.4) is 0 Å². The van der Waals surface area contributed by atoms with Gasteiger partial charge in [-0.25, -0.2) is 0 Å². The van der Waals surface area contributed by atoms with Crippen molar-refractivity contribution in [2.75, 3.05) is 4.90 Å². The van der Waals surface area contributed by atoms with E-state index in [1.807, 2.05) is 0 Å². The van der Waals surface area contributed by atoms with Gasteiger partial charge in [0.05, 0.1) is 12.3 Å². The van der Waals surface area contributed by atoms with E-state index in [1.165, 1.54) is 4.90 Å². The molecule has 0 unspecified atom stereocenters. The van der Waals surface area contributed by atoms with Crippen molar-refractivity contribution >= 4 is 17.5 Å². The zero-order valence-electron chi connectivity index (χ0n) is 9.56. The Morgan fingerprint density at radius 3 is 2.00 bits per heavy atom. The molecule has 1 aliphatic heterocycles. The first-order valence-corrected chi connectivity index (χ1v) is 5.78. The second-order valence-electron chi connectivity index (χ2n) is 4.15. The number of hydrogen-bond acceptors (Lipinski definition) is 3. The maximum Gasteiger partial charge on any atom is 0.233 e. The molecule has 1 fully saturated rings.